The third-order valence-corrected chi connectivity index (χ3v) is 2.65. The molecule has 2 rings (SSSR count). The van der Waals surface area contributed by atoms with E-state index >= 15 is 0 Å². The van der Waals surface area contributed by atoms with Gasteiger partial charge in [0.25, 0.3) is 0 Å². The van der Waals surface area contributed by atoms with Gasteiger partial charge in [0.15, 0.2) is 0 Å². The van der Waals surface area contributed by atoms with Crippen LogP contribution in [0.15, 0.2) is 12.3 Å². The second kappa shape index (κ2) is 4.02. The minimum atomic E-state index is 0.0150. The molecule has 2 heterocycles. The highest BCUT2D eigenvalue weighted by atomic mass is 16.2. The Morgan fingerprint density at radius 3 is 3.00 bits per heavy atom. The fraction of sp³-hybridized carbons (Fsp3) is 0.600. The second-order valence-corrected chi connectivity index (χ2v) is 4.03. The Hall–Kier alpha value is -1.36. The van der Waals surface area contributed by atoms with Crippen molar-refractivity contribution < 1.29 is 4.79 Å². The molecule has 2 N–H and O–H groups in total. The zero-order chi connectivity index (χ0) is 10.8. The summed E-state index contributed by atoms with van der Waals surface area (Å²) in [6, 6.07) is 1.99. The molecule has 1 aliphatic rings. The maximum Gasteiger partial charge on any atom is 0.224 e. The Morgan fingerprint density at radius 2 is 2.47 bits per heavy atom. The van der Waals surface area contributed by atoms with Crippen LogP contribution in [0.1, 0.15) is 12.1 Å². The van der Waals surface area contributed by atoms with Gasteiger partial charge in [0.2, 0.25) is 5.91 Å². The van der Waals surface area contributed by atoms with E-state index in [0.717, 1.165) is 18.7 Å². The molecule has 0 saturated carbocycles. The van der Waals surface area contributed by atoms with Crippen LogP contribution < -0.4 is 5.73 Å². The lowest BCUT2D eigenvalue weighted by molar-refractivity contribution is -0.127. The van der Waals surface area contributed by atoms with Crippen molar-refractivity contribution in [1.82, 2.24) is 14.7 Å². The van der Waals surface area contributed by atoms with Gasteiger partial charge in [-0.3, -0.25) is 9.48 Å². The highest BCUT2D eigenvalue weighted by Crippen LogP contribution is 2.09. The number of nitrogens with zero attached hydrogens (tertiary/aromatic N) is 3. The van der Waals surface area contributed by atoms with Crippen LogP contribution in [0.3, 0.4) is 0 Å². The quantitative estimate of drug-likeness (QED) is 0.730. The fourth-order valence-electron chi connectivity index (χ4n) is 1.86. The molecule has 0 aliphatic carbocycles. The molecule has 82 valence electrons. The highest BCUT2D eigenvalue weighted by Gasteiger charge is 2.26. The highest BCUT2D eigenvalue weighted by molar-refractivity contribution is 5.79. The average Bonchev–Trinajstić information content (AvgIpc) is 2.70. The first kappa shape index (κ1) is 10.2. The molecule has 5 heteroatoms. The summed E-state index contributed by atoms with van der Waals surface area (Å²) in [7, 11) is 1.89. The number of amides is 1. The Labute approximate surface area is 88.8 Å². The molecule has 1 atom stereocenters. The Morgan fingerprint density at radius 1 is 1.67 bits per heavy atom. The van der Waals surface area contributed by atoms with Gasteiger partial charge in [-0.05, 0) is 6.07 Å². The van der Waals surface area contributed by atoms with E-state index in [2.05, 4.69) is 5.10 Å². The molecular formula is C10H16N4O. The molecule has 15 heavy (non-hydrogen) atoms. The molecule has 1 aliphatic heterocycles. The van der Waals surface area contributed by atoms with Crippen molar-refractivity contribution in [2.24, 2.45) is 12.8 Å². The number of hydrogen-bond donors (Lipinski definition) is 1. The number of hydrogen-bond acceptors (Lipinski definition) is 3. The van der Waals surface area contributed by atoms with Crippen LogP contribution in [0.25, 0.3) is 0 Å². The fourth-order valence-corrected chi connectivity index (χ4v) is 1.86. The number of nitrogens with two attached hydrogens (primary N) is 1. The van der Waals surface area contributed by atoms with Crippen LogP contribution in [-0.2, 0) is 18.3 Å². The minimum absolute atomic E-state index is 0.0150. The molecule has 0 radical (unpaired) electrons. The Balaban J connectivity index is 1.86. The molecular weight excluding hydrogens is 192 g/mol. The average molecular weight is 208 g/mol. The van der Waals surface area contributed by atoms with Gasteiger partial charge in [-0.1, -0.05) is 0 Å². The first-order valence-electron chi connectivity index (χ1n) is 5.17. The first-order valence-corrected chi connectivity index (χ1v) is 5.17. The van der Waals surface area contributed by atoms with E-state index in [1.54, 1.807) is 4.68 Å². The van der Waals surface area contributed by atoms with Gasteiger partial charge in [-0.25, -0.2) is 0 Å². The molecule has 1 saturated heterocycles. The standard InChI is InChI=1S/C10H16N4O/c1-13-4-2-9(12-13)3-5-14-7-8(11)6-10(14)15/h2,4,8H,3,5-7,11H2,1H3. The molecule has 0 bridgehead atoms. The molecule has 5 nitrogen and oxygen atoms in total. The van der Waals surface area contributed by atoms with Gasteiger partial charge < -0.3 is 10.6 Å². The maximum atomic E-state index is 11.4. The van der Waals surface area contributed by atoms with Crippen LogP contribution in [0.2, 0.25) is 0 Å². The van der Waals surface area contributed by atoms with Gasteiger partial charge in [-0.15, -0.1) is 0 Å². The van der Waals surface area contributed by atoms with Crippen molar-refractivity contribution in [1.29, 1.82) is 0 Å². The summed E-state index contributed by atoms with van der Waals surface area (Å²) in [5.74, 6) is 0.165. The molecule has 0 aromatic carbocycles. The van der Waals surface area contributed by atoms with Crippen LogP contribution in [0.4, 0.5) is 0 Å². The zero-order valence-corrected chi connectivity index (χ0v) is 8.89. The first-order chi connectivity index (χ1) is 7.15. The Bertz CT molecular complexity index is 360. The maximum absolute atomic E-state index is 11.4. The lowest BCUT2D eigenvalue weighted by Gasteiger charge is -2.14. The summed E-state index contributed by atoms with van der Waals surface area (Å²) in [6.45, 7) is 1.41. The summed E-state index contributed by atoms with van der Waals surface area (Å²) in [4.78, 5) is 13.3. The van der Waals surface area contributed by atoms with Crippen molar-refractivity contribution in [3.05, 3.63) is 18.0 Å². The Kier molecular flexibility index (Phi) is 2.73. The van der Waals surface area contributed by atoms with E-state index in [9.17, 15) is 4.79 Å². The lowest BCUT2D eigenvalue weighted by atomic mass is 10.3. The molecule has 1 unspecified atom stereocenters. The second-order valence-electron chi connectivity index (χ2n) is 4.03. The van der Waals surface area contributed by atoms with Gasteiger partial charge >= 0.3 is 0 Å². The van der Waals surface area contributed by atoms with Crippen molar-refractivity contribution in [3.63, 3.8) is 0 Å². The van der Waals surface area contributed by atoms with E-state index in [4.69, 9.17) is 5.73 Å². The monoisotopic (exact) mass is 208 g/mol. The van der Waals surface area contributed by atoms with E-state index in [0.29, 0.717) is 13.0 Å². The van der Waals surface area contributed by atoms with Crippen LogP contribution >= 0.6 is 0 Å². The summed E-state index contributed by atoms with van der Waals surface area (Å²) in [5.41, 5.74) is 6.73. The molecule has 1 fully saturated rings. The van der Waals surface area contributed by atoms with Gasteiger partial charge in [0.1, 0.15) is 0 Å². The minimum Gasteiger partial charge on any atom is -0.341 e. The number of aryl methyl sites for hydroxylation is 1. The van der Waals surface area contributed by atoms with Gasteiger partial charge in [-0.2, -0.15) is 5.10 Å². The summed E-state index contributed by atoms with van der Waals surface area (Å²) in [5, 5.41) is 4.26. The molecule has 1 aromatic rings. The molecule has 1 aromatic heterocycles. The van der Waals surface area contributed by atoms with Gasteiger partial charge in [0, 0.05) is 45.2 Å². The SMILES string of the molecule is Cn1ccc(CCN2CC(N)CC2=O)n1. The number of likely N-dealkylation sites (tertiary alicyclic amines) is 1. The largest absolute Gasteiger partial charge is 0.341 e. The third kappa shape index (κ3) is 2.36. The topological polar surface area (TPSA) is 64.2 Å². The summed E-state index contributed by atoms with van der Waals surface area (Å²) in [6.07, 6.45) is 3.20. The normalized spacial score (nSPS) is 21.3. The molecule has 1 amide bonds. The molecule has 0 spiro atoms. The van der Waals surface area contributed by atoms with Crippen LogP contribution in [0.5, 0.6) is 0 Å². The number of rotatable bonds is 3. The zero-order valence-electron chi connectivity index (χ0n) is 8.89. The van der Waals surface area contributed by atoms with E-state index in [1.165, 1.54) is 0 Å². The van der Waals surface area contributed by atoms with E-state index in [-0.39, 0.29) is 11.9 Å². The van der Waals surface area contributed by atoms with Crippen molar-refractivity contribution >= 4 is 5.91 Å². The smallest absolute Gasteiger partial charge is 0.224 e. The number of carbonyl (C=O) groups is 1. The van der Waals surface area contributed by atoms with E-state index < -0.39 is 0 Å². The van der Waals surface area contributed by atoms with Gasteiger partial charge in [0.05, 0.1) is 5.69 Å². The lowest BCUT2D eigenvalue weighted by Crippen LogP contribution is -2.30. The summed E-state index contributed by atoms with van der Waals surface area (Å²) >= 11 is 0. The van der Waals surface area contributed by atoms with Crippen molar-refractivity contribution in [3.8, 4) is 0 Å². The third-order valence-electron chi connectivity index (χ3n) is 2.65. The van der Waals surface area contributed by atoms with Crippen molar-refractivity contribution in [2.45, 2.75) is 18.9 Å². The number of aromatic nitrogens is 2. The van der Waals surface area contributed by atoms with Crippen molar-refractivity contribution in [2.75, 3.05) is 13.1 Å². The predicted octanol–water partition coefficient (Wildman–Crippen LogP) is -0.478. The van der Waals surface area contributed by atoms with E-state index in [1.807, 2.05) is 24.2 Å². The predicted molar refractivity (Wildman–Crippen MR) is 56.1 cm³/mol. The van der Waals surface area contributed by atoms with Crippen LogP contribution in [-0.4, -0.2) is 39.7 Å². The summed E-state index contributed by atoms with van der Waals surface area (Å²) < 4.78 is 1.77. The van der Waals surface area contributed by atoms with Crippen LogP contribution in [0, 0.1) is 0 Å². The number of carbonyl (C=O) groups excluding carboxylic acids is 1.